The molecule has 0 saturated carbocycles. The second-order valence-electron chi connectivity index (χ2n) is 4.13. The second-order valence-corrected chi connectivity index (χ2v) is 5.96. The largest absolute Gasteiger partial charge is 0.396 e. The number of nitrogens with zero attached hydrogens (tertiary/aromatic N) is 2. The van der Waals surface area contributed by atoms with Crippen LogP contribution in [-0.4, -0.2) is 27.1 Å². The predicted octanol–water partition coefficient (Wildman–Crippen LogP) is 3.39. The van der Waals surface area contributed by atoms with Crippen LogP contribution in [0, 0.1) is 0 Å². The molecule has 4 nitrogen and oxygen atoms in total. The molecule has 102 valence electrons. The zero-order valence-corrected chi connectivity index (χ0v) is 12.1. The van der Waals surface area contributed by atoms with Crippen LogP contribution >= 0.6 is 23.4 Å². The Morgan fingerprint density at radius 3 is 2.95 bits per heavy atom. The Bertz CT molecular complexity index is 533. The third-order valence-corrected chi connectivity index (χ3v) is 4.16. The minimum atomic E-state index is 0.200. The van der Waals surface area contributed by atoms with Gasteiger partial charge in [0.2, 0.25) is 0 Å². The number of rotatable bonds is 6. The van der Waals surface area contributed by atoms with Gasteiger partial charge in [-0.1, -0.05) is 35.8 Å². The molecule has 1 unspecified atom stereocenters. The Morgan fingerprint density at radius 2 is 2.21 bits per heavy atom. The molecule has 1 N–H and O–H groups in total. The van der Waals surface area contributed by atoms with E-state index in [1.807, 2.05) is 18.2 Å². The highest BCUT2D eigenvalue weighted by molar-refractivity contribution is 7.99. The summed E-state index contributed by atoms with van der Waals surface area (Å²) in [6.45, 7) is 2.27. The molecule has 1 aromatic heterocycles. The maximum Gasteiger partial charge on any atom is 0.259 e. The number of benzene rings is 1. The van der Waals surface area contributed by atoms with Crippen molar-refractivity contribution in [1.29, 1.82) is 0 Å². The molecule has 0 aliphatic rings. The van der Waals surface area contributed by atoms with Crippen molar-refractivity contribution < 1.29 is 9.63 Å². The fraction of sp³-hybridized carbons (Fsp3) is 0.385. The van der Waals surface area contributed by atoms with E-state index < -0.39 is 0 Å². The monoisotopic (exact) mass is 298 g/mol. The lowest BCUT2D eigenvalue weighted by atomic mass is 10.2. The van der Waals surface area contributed by atoms with Crippen LogP contribution in [0.4, 0.5) is 0 Å². The molecule has 0 spiro atoms. The Kier molecular flexibility index (Phi) is 5.24. The summed E-state index contributed by atoms with van der Waals surface area (Å²) in [6.07, 6.45) is 0.764. The molecule has 19 heavy (non-hydrogen) atoms. The smallest absolute Gasteiger partial charge is 0.259 e. The average molecular weight is 299 g/mol. The van der Waals surface area contributed by atoms with Crippen molar-refractivity contribution in [3.05, 3.63) is 35.1 Å². The van der Waals surface area contributed by atoms with E-state index in [1.54, 1.807) is 17.8 Å². The van der Waals surface area contributed by atoms with E-state index in [-0.39, 0.29) is 6.61 Å². The van der Waals surface area contributed by atoms with Crippen molar-refractivity contribution in [1.82, 2.24) is 10.1 Å². The summed E-state index contributed by atoms with van der Waals surface area (Å²) >= 11 is 7.76. The molecule has 0 amide bonds. The van der Waals surface area contributed by atoms with Crippen molar-refractivity contribution in [2.75, 3.05) is 6.61 Å². The van der Waals surface area contributed by atoms with Crippen molar-refractivity contribution in [2.24, 2.45) is 0 Å². The number of halogens is 1. The van der Waals surface area contributed by atoms with E-state index in [2.05, 4.69) is 17.1 Å². The standard InChI is InChI=1S/C13H15ClN2O2S/c1-9(6-7-17)19-8-12-15-13(18-16-12)10-4-2-3-5-11(10)14/h2-5,9,17H,6-8H2,1H3. The van der Waals surface area contributed by atoms with Gasteiger partial charge in [-0.15, -0.1) is 0 Å². The van der Waals surface area contributed by atoms with Crippen LogP contribution in [0.15, 0.2) is 28.8 Å². The van der Waals surface area contributed by atoms with Crippen molar-refractivity contribution in [3.63, 3.8) is 0 Å². The van der Waals surface area contributed by atoms with E-state index in [9.17, 15) is 0 Å². The van der Waals surface area contributed by atoms with Gasteiger partial charge in [0.05, 0.1) is 16.3 Å². The highest BCUT2D eigenvalue weighted by atomic mass is 35.5. The van der Waals surface area contributed by atoms with Crippen molar-refractivity contribution in [2.45, 2.75) is 24.3 Å². The fourth-order valence-corrected chi connectivity index (χ4v) is 2.58. The molecule has 2 rings (SSSR count). The minimum Gasteiger partial charge on any atom is -0.396 e. The van der Waals surface area contributed by atoms with Gasteiger partial charge in [-0.2, -0.15) is 16.7 Å². The first kappa shape index (κ1) is 14.4. The molecule has 0 aliphatic carbocycles. The van der Waals surface area contributed by atoms with Gasteiger partial charge in [0.25, 0.3) is 5.89 Å². The molecular weight excluding hydrogens is 284 g/mol. The second kappa shape index (κ2) is 6.93. The lowest BCUT2D eigenvalue weighted by molar-refractivity contribution is 0.289. The summed E-state index contributed by atoms with van der Waals surface area (Å²) in [6, 6.07) is 7.37. The predicted molar refractivity (Wildman–Crippen MR) is 77.2 cm³/mol. The summed E-state index contributed by atoms with van der Waals surface area (Å²) in [5.41, 5.74) is 0.747. The van der Waals surface area contributed by atoms with Crippen LogP contribution in [0.5, 0.6) is 0 Å². The van der Waals surface area contributed by atoms with Crippen LogP contribution in [0.1, 0.15) is 19.2 Å². The Balaban J connectivity index is 2.02. The van der Waals surface area contributed by atoms with Gasteiger partial charge in [0.1, 0.15) is 0 Å². The van der Waals surface area contributed by atoms with E-state index in [0.29, 0.717) is 27.7 Å². The van der Waals surface area contributed by atoms with Gasteiger partial charge in [0, 0.05) is 11.9 Å². The lowest BCUT2D eigenvalue weighted by Gasteiger charge is -2.06. The molecule has 0 radical (unpaired) electrons. The van der Waals surface area contributed by atoms with Crippen LogP contribution < -0.4 is 0 Å². The summed E-state index contributed by atoms with van der Waals surface area (Å²) < 4.78 is 5.22. The average Bonchev–Trinajstić information content (AvgIpc) is 2.86. The van der Waals surface area contributed by atoms with Crippen LogP contribution in [0.3, 0.4) is 0 Å². The van der Waals surface area contributed by atoms with Gasteiger partial charge in [-0.3, -0.25) is 0 Å². The van der Waals surface area contributed by atoms with Gasteiger partial charge in [-0.25, -0.2) is 0 Å². The normalized spacial score (nSPS) is 12.6. The summed E-state index contributed by atoms with van der Waals surface area (Å²) in [5, 5.41) is 13.7. The molecule has 0 aliphatic heterocycles. The van der Waals surface area contributed by atoms with Crippen molar-refractivity contribution >= 4 is 23.4 Å². The summed E-state index contributed by atoms with van der Waals surface area (Å²) in [4.78, 5) is 4.33. The molecule has 1 heterocycles. The topological polar surface area (TPSA) is 59.2 Å². The van der Waals surface area contributed by atoms with Crippen molar-refractivity contribution in [3.8, 4) is 11.5 Å². The molecule has 1 aromatic carbocycles. The molecule has 0 saturated heterocycles. The quantitative estimate of drug-likeness (QED) is 0.886. The number of hydrogen-bond acceptors (Lipinski definition) is 5. The van der Waals surface area contributed by atoms with Gasteiger partial charge >= 0.3 is 0 Å². The highest BCUT2D eigenvalue weighted by Crippen LogP contribution is 2.27. The Morgan fingerprint density at radius 1 is 1.42 bits per heavy atom. The highest BCUT2D eigenvalue weighted by Gasteiger charge is 2.12. The number of thioether (sulfide) groups is 1. The molecular formula is C13H15ClN2O2S. The first-order chi connectivity index (χ1) is 9.20. The van der Waals surface area contributed by atoms with Crippen LogP contribution in [0.2, 0.25) is 5.02 Å². The Labute approximate surface area is 121 Å². The van der Waals surface area contributed by atoms with E-state index in [0.717, 1.165) is 12.0 Å². The van der Waals surface area contributed by atoms with E-state index in [1.165, 1.54) is 0 Å². The number of aliphatic hydroxyl groups excluding tert-OH is 1. The molecule has 6 heteroatoms. The third-order valence-electron chi connectivity index (χ3n) is 2.60. The van der Waals surface area contributed by atoms with Gasteiger partial charge < -0.3 is 9.63 Å². The number of aliphatic hydroxyl groups is 1. The zero-order chi connectivity index (χ0) is 13.7. The first-order valence-corrected chi connectivity index (χ1v) is 7.43. The Hall–Kier alpha value is -1.04. The number of aromatic nitrogens is 2. The lowest BCUT2D eigenvalue weighted by Crippen LogP contribution is -2.00. The summed E-state index contributed by atoms with van der Waals surface area (Å²) in [5.74, 6) is 1.75. The number of hydrogen-bond donors (Lipinski definition) is 1. The molecule has 1 atom stereocenters. The molecule has 2 aromatic rings. The summed E-state index contributed by atoms with van der Waals surface area (Å²) in [7, 11) is 0. The van der Waals surface area contributed by atoms with E-state index >= 15 is 0 Å². The fourth-order valence-electron chi connectivity index (χ4n) is 1.54. The first-order valence-electron chi connectivity index (χ1n) is 6.00. The van der Waals surface area contributed by atoms with E-state index in [4.69, 9.17) is 21.2 Å². The third kappa shape index (κ3) is 3.96. The molecule has 0 fully saturated rings. The van der Waals surface area contributed by atoms with Crippen LogP contribution in [0.25, 0.3) is 11.5 Å². The van der Waals surface area contributed by atoms with Gasteiger partial charge in [-0.05, 0) is 18.6 Å². The van der Waals surface area contributed by atoms with Gasteiger partial charge in [0.15, 0.2) is 5.82 Å². The maximum atomic E-state index is 8.84. The SMILES string of the molecule is CC(CCO)SCc1noc(-c2ccccc2Cl)n1. The molecule has 0 bridgehead atoms. The van der Waals surface area contributed by atoms with Crippen LogP contribution in [-0.2, 0) is 5.75 Å². The maximum absolute atomic E-state index is 8.84. The zero-order valence-electron chi connectivity index (χ0n) is 10.5. The minimum absolute atomic E-state index is 0.200.